The van der Waals surface area contributed by atoms with Crippen LogP contribution < -0.4 is 10.1 Å². The normalized spacial score (nSPS) is 9.89. The van der Waals surface area contributed by atoms with Crippen molar-refractivity contribution in [1.29, 1.82) is 5.26 Å². The molecule has 3 aromatic rings. The molecule has 0 bridgehead atoms. The van der Waals surface area contributed by atoms with Gasteiger partial charge in [-0.25, -0.2) is 0 Å². The molecular formula is C21H15N3O3. The monoisotopic (exact) mass is 357 g/mol. The number of hydrogen-bond donors (Lipinski definition) is 1. The molecule has 0 spiro atoms. The van der Waals surface area contributed by atoms with E-state index in [1.54, 1.807) is 73.1 Å². The predicted molar refractivity (Wildman–Crippen MR) is 99.4 cm³/mol. The molecule has 0 fully saturated rings. The van der Waals surface area contributed by atoms with Crippen LogP contribution in [0.1, 0.15) is 21.5 Å². The molecule has 0 aliphatic rings. The second kappa shape index (κ2) is 8.41. The summed E-state index contributed by atoms with van der Waals surface area (Å²) < 4.78 is 5.43. The third-order valence-electron chi connectivity index (χ3n) is 3.71. The number of rotatable bonds is 6. The standard InChI is InChI=1S/C21H15N3O3/c22-12-15-3-5-16(6-4-15)21(26)17-7-9-19(10-8-17)27-14-20(25)24-18-2-1-11-23-13-18/h1-11,13H,14H2,(H,24,25). The fraction of sp³-hybridized carbons (Fsp3) is 0.0476. The van der Waals surface area contributed by atoms with E-state index in [9.17, 15) is 9.59 Å². The SMILES string of the molecule is N#Cc1ccc(C(=O)c2ccc(OCC(=O)Nc3cccnc3)cc2)cc1. The molecular weight excluding hydrogens is 342 g/mol. The zero-order valence-corrected chi connectivity index (χ0v) is 14.3. The molecule has 6 nitrogen and oxygen atoms in total. The molecule has 0 radical (unpaired) electrons. The van der Waals surface area contributed by atoms with Crippen molar-refractivity contribution in [3.63, 3.8) is 0 Å². The van der Waals surface area contributed by atoms with E-state index in [-0.39, 0.29) is 18.3 Å². The number of benzene rings is 2. The Morgan fingerprint density at radius 3 is 2.26 bits per heavy atom. The highest BCUT2D eigenvalue weighted by Crippen LogP contribution is 2.16. The van der Waals surface area contributed by atoms with Gasteiger partial charge in [-0.15, -0.1) is 0 Å². The summed E-state index contributed by atoms with van der Waals surface area (Å²) in [6.07, 6.45) is 3.16. The minimum Gasteiger partial charge on any atom is -0.484 e. The second-order valence-electron chi connectivity index (χ2n) is 5.62. The number of nitrogens with zero attached hydrogens (tertiary/aromatic N) is 2. The molecule has 3 rings (SSSR count). The summed E-state index contributed by atoms with van der Waals surface area (Å²) in [6.45, 7) is -0.155. The van der Waals surface area contributed by atoms with Crippen LogP contribution in [0.15, 0.2) is 73.1 Å². The van der Waals surface area contributed by atoms with Crippen LogP contribution >= 0.6 is 0 Å². The number of ether oxygens (including phenoxy) is 1. The molecule has 0 aliphatic heterocycles. The first-order chi connectivity index (χ1) is 13.2. The molecule has 132 valence electrons. The van der Waals surface area contributed by atoms with Crippen LogP contribution in [0.25, 0.3) is 0 Å². The minimum absolute atomic E-state index is 0.152. The molecule has 0 aliphatic carbocycles. The van der Waals surface area contributed by atoms with Gasteiger partial charge in [-0.1, -0.05) is 0 Å². The van der Waals surface area contributed by atoms with E-state index < -0.39 is 0 Å². The highest BCUT2D eigenvalue weighted by molar-refractivity contribution is 6.09. The topological polar surface area (TPSA) is 92.1 Å². The summed E-state index contributed by atoms with van der Waals surface area (Å²) in [6, 6.07) is 18.4. The van der Waals surface area contributed by atoms with Gasteiger partial charge in [0.05, 0.1) is 23.5 Å². The number of aromatic nitrogens is 1. The van der Waals surface area contributed by atoms with Gasteiger partial charge < -0.3 is 10.1 Å². The van der Waals surface area contributed by atoms with Crippen molar-refractivity contribution in [2.75, 3.05) is 11.9 Å². The molecule has 6 heteroatoms. The van der Waals surface area contributed by atoms with Gasteiger partial charge in [-0.3, -0.25) is 14.6 Å². The molecule has 1 heterocycles. The van der Waals surface area contributed by atoms with Crippen LogP contribution in [-0.2, 0) is 4.79 Å². The van der Waals surface area contributed by atoms with Crippen LogP contribution in [0.2, 0.25) is 0 Å². The van der Waals surface area contributed by atoms with Gasteiger partial charge in [-0.05, 0) is 60.7 Å². The fourth-order valence-corrected chi connectivity index (χ4v) is 2.35. The van der Waals surface area contributed by atoms with E-state index in [2.05, 4.69) is 10.3 Å². The Morgan fingerprint density at radius 1 is 1.00 bits per heavy atom. The lowest BCUT2D eigenvalue weighted by atomic mass is 10.0. The smallest absolute Gasteiger partial charge is 0.262 e. The first kappa shape index (κ1) is 17.8. The highest BCUT2D eigenvalue weighted by Gasteiger charge is 2.10. The molecule has 2 aromatic carbocycles. The summed E-state index contributed by atoms with van der Waals surface area (Å²) >= 11 is 0. The Bertz CT molecular complexity index is 976. The average molecular weight is 357 g/mol. The molecule has 1 N–H and O–H groups in total. The first-order valence-corrected chi connectivity index (χ1v) is 8.13. The van der Waals surface area contributed by atoms with E-state index in [0.29, 0.717) is 28.1 Å². The summed E-state index contributed by atoms with van der Waals surface area (Å²) in [5.74, 6) is 0.0220. The third-order valence-corrected chi connectivity index (χ3v) is 3.71. The Kier molecular flexibility index (Phi) is 5.55. The van der Waals surface area contributed by atoms with E-state index in [0.717, 1.165) is 0 Å². The van der Waals surface area contributed by atoms with Gasteiger partial charge in [0.15, 0.2) is 12.4 Å². The Labute approximate surface area is 156 Å². The van der Waals surface area contributed by atoms with Crippen molar-refractivity contribution in [2.24, 2.45) is 0 Å². The molecule has 1 amide bonds. The lowest BCUT2D eigenvalue weighted by molar-refractivity contribution is -0.118. The van der Waals surface area contributed by atoms with Crippen molar-refractivity contribution in [2.45, 2.75) is 0 Å². The zero-order valence-electron chi connectivity index (χ0n) is 14.3. The summed E-state index contributed by atoms with van der Waals surface area (Å²) in [5.41, 5.74) is 2.08. The number of carbonyl (C=O) groups is 2. The maximum absolute atomic E-state index is 12.4. The van der Waals surface area contributed by atoms with Gasteiger partial charge in [-0.2, -0.15) is 5.26 Å². The highest BCUT2D eigenvalue weighted by atomic mass is 16.5. The van der Waals surface area contributed by atoms with Crippen molar-refractivity contribution in [1.82, 2.24) is 4.98 Å². The molecule has 0 saturated carbocycles. The zero-order chi connectivity index (χ0) is 19.1. The number of ketones is 1. The first-order valence-electron chi connectivity index (χ1n) is 8.13. The largest absolute Gasteiger partial charge is 0.484 e. The van der Waals surface area contributed by atoms with Gasteiger partial charge in [0, 0.05) is 17.3 Å². The van der Waals surface area contributed by atoms with Crippen molar-refractivity contribution < 1.29 is 14.3 Å². The second-order valence-corrected chi connectivity index (χ2v) is 5.62. The summed E-state index contributed by atoms with van der Waals surface area (Å²) in [7, 11) is 0. The molecule has 0 atom stereocenters. The van der Waals surface area contributed by atoms with E-state index in [1.165, 1.54) is 0 Å². The van der Waals surface area contributed by atoms with E-state index >= 15 is 0 Å². The van der Waals surface area contributed by atoms with Crippen LogP contribution in [0.3, 0.4) is 0 Å². The molecule has 0 saturated heterocycles. The Morgan fingerprint density at radius 2 is 1.67 bits per heavy atom. The maximum atomic E-state index is 12.4. The van der Waals surface area contributed by atoms with Gasteiger partial charge in [0.2, 0.25) is 0 Å². The van der Waals surface area contributed by atoms with Crippen molar-refractivity contribution >= 4 is 17.4 Å². The van der Waals surface area contributed by atoms with E-state index in [4.69, 9.17) is 10.00 Å². The Balaban J connectivity index is 1.57. The number of anilines is 1. The number of hydrogen-bond acceptors (Lipinski definition) is 5. The van der Waals surface area contributed by atoms with Crippen LogP contribution in [-0.4, -0.2) is 23.3 Å². The number of amides is 1. The molecule has 0 unspecified atom stereocenters. The Hall–Kier alpha value is -3.98. The maximum Gasteiger partial charge on any atom is 0.262 e. The lowest BCUT2D eigenvalue weighted by Gasteiger charge is -2.08. The number of nitriles is 1. The van der Waals surface area contributed by atoms with Crippen molar-refractivity contribution in [3.05, 3.63) is 89.7 Å². The van der Waals surface area contributed by atoms with Crippen LogP contribution in [0.5, 0.6) is 5.75 Å². The summed E-state index contributed by atoms with van der Waals surface area (Å²) in [4.78, 5) is 28.2. The average Bonchev–Trinajstić information content (AvgIpc) is 2.73. The van der Waals surface area contributed by atoms with Gasteiger partial charge in [0.1, 0.15) is 5.75 Å². The van der Waals surface area contributed by atoms with Crippen molar-refractivity contribution in [3.8, 4) is 11.8 Å². The lowest BCUT2D eigenvalue weighted by Crippen LogP contribution is -2.20. The quantitative estimate of drug-likeness (QED) is 0.684. The fourth-order valence-electron chi connectivity index (χ4n) is 2.35. The summed E-state index contributed by atoms with van der Waals surface area (Å²) in [5, 5.41) is 11.5. The number of nitrogens with one attached hydrogen (secondary N) is 1. The van der Waals surface area contributed by atoms with Crippen LogP contribution in [0.4, 0.5) is 5.69 Å². The minimum atomic E-state index is -0.305. The molecule has 1 aromatic heterocycles. The predicted octanol–water partition coefficient (Wildman–Crippen LogP) is 3.20. The number of pyridine rings is 1. The molecule has 27 heavy (non-hydrogen) atoms. The van der Waals surface area contributed by atoms with Crippen LogP contribution in [0, 0.1) is 11.3 Å². The number of carbonyl (C=O) groups excluding carboxylic acids is 2. The van der Waals surface area contributed by atoms with Gasteiger partial charge in [0.25, 0.3) is 5.91 Å². The van der Waals surface area contributed by atoms with E-state index in [1.807, 2.05) is 6.07 Å². The third kappa shape index (κ3) is 4.77. The van der Waals surface area contributed by atoms with Gasteiger partial charge >= 0.3 is 0 Å².